The molecule has 166 valence electrons. The Kier molecular flexibility index (Phi) is 6.59. The minimum absolute atomic E-state index is 0.0525. The summed E-state index contributed by atoms with van der Waals surface area (Å²) in [6.45, 7) is 4.27. The standard InChI is InChI=1S/C26H28N2O4/c1-2-16-32-25(30)28-21-11-14-26(15-12-21,20-8-4-3-5-9-20)18-27-24(29)22-10-6-7-19-13-17-31-23(19)22/h2-10,13,17,21H,1,11-12,14-16,18H2,(H,27,29)(H,28,30)/t21-,26+. The Morgan fingerprint density at radius 3 is 2.62 bits per heavy atom. The van der Waals surface area contributed by atoms with Crippen LogP contribution in [0.15, 0.2) is 77.9 Å². The molecule has 2 aromatic carbocycles. The summed E-state index contributed by atoms with van der Waals surface area (Å²) < 4.78 is 10.6. The Hall–Kier alpha value is -3.54. The van der Waals surface area contributed by atoms with Crippen molar-refractivity contribution in [1.29, 1.82) is 0 Å². The topological polar surface area (TPSA) is 80.6 Å². The van der Waals surface area contributed by atoms with Crippen LogP contribution in [0.4, 0.5) is 4.79 Å². The Morgan fingerprint density at radius 2 is 1.88 bits per heavy atom. The first kappa shape index (κ1) is 21.7. The maximum Gasteiger partial charge on any atom is 0.407 e. The van der Waals surface area contributed by atoms with Crippen LogP contribution in [0, 0.1) is 0 Å². The number of furan rings is 1. The van der Waals surface area contributed by atoms with Crippen LogP contribution in [0.1, 0.15) is 41.6 Å². The Labute approximate surface area is 187 Å². The van der Waals surface area contributed by atoms with Gasteiger partial charge in [-0.2, -0.15) is 0 Å². The zero-order valence-electron chi connectivity index (χ0n) is 18.0. The van der Waals surface area contributed by atoms with E-state index in [0.717, 1.165) is 31.1 Å². The molecule has 3 aromatic rings. The van der Waals surface area contributed by atoms with Crippen LogP contribution in [0.3, 0.4) is 0 Å². The van der Waals surface area contributed by atoms with Crippen molar-refractivity contribution >= 4 is 23.0 Å². The number of amides is 2. The molecule has 1 aromatic heterocycles. The van der Waals surface area contributed by atoms with Crippen LogP contribution in [0.5, 0.6) is 0 Å². The van der Waals surface area contributed by atoms with Gasteiger partial charge in [-0.15, -0.1) is 0 Å². The van der Waals surface area contributed by atoms with Gasteiger partial charge in [-0.05, 0) is 43.4 Å². The smallest absolute Gasteiger partial charge is 0.407 e. The van der Waals surface area contributed by atoms with Gasteiger partial charge in [-0.1, -0.05) is 55.1 Å². The van der Waals surface area contributed by atoms with Crippen LogP contribution >= 0.6 is 0 Å². The highest BCUT2D eigenvalue weighted by Crippen LogP contribution is 2.39. The van der Waals surface area contributed by atoms with Crippen LogP contribution in [0.2, 0.25) is 0 Å². The maximum atomic E-state index is 13.0. The summed E-state index contributed by atoms with van der Waals surface area (Å²) in [4.78, 5) is 24.9. The van der Waals surface area contributed by atoms with Crippen molar-refractivity contribution in [1.82, 2.24) is 10.6 Å². The fraction of sp³-hybridized carbons (Fsp3) is 0.308. The third-order valence-electron chi connectivity index (χ3n) is 6.29. The molecule has 1 fully saturated rings. The van der Waals surface area contributed by atoms with Gasteiger partial charge in [0.1, 0.15) is 12.2 Å². The SMILES string of the molecule is C=CCOC(=O)N[C@H]1CC[C@@](CNC(=O)c2cccc3ccoc23)(c2ccccc2)CC1. The number of alkyl carbamates (subject to hydrolysis) is 1. The second-order valence-corrected chi connectivity index (χ2v) is 8.28. The number of hydrogen-bond donors (Lipinski definition) is 2. The minimum atomic E-state index is -0.415. The highest BCUT2D eigenvalue weighted by Gasteiger charge is 2.37. The van der Waals surface area contributed by atoms with E-state index in [9.17, 15) is 9.59 Å². The molecule has 1 saturated carbocycles. The van der Waals surface area contributed by atoms with Gasteiger partial charge in [0.15, 0.2) is 0 Å². The molecule has 0 aliphatic heterocycles. The molecule has 0 atom stereocenters. The zero-order valence-corrected chi connectivity index (χ0v) is 18.0. The summed E-state index contributed by atoms with van der Waals surface area (Å²) in [7, 11) is 0. The first-order valence-electron chi connectivity index (χ1n) is 11.0. The van der Waals surface area contributed by atoms with Crippen LogP contribution in [0.25, 0.3) is 11.0 Å². The number of carbonyl (C=O) groups excluding carboxylic acids is 2. The first-order valence-corrected chi connectivity index (χ1v) is 11.0. The molecular weight excluding hydrogens is 404 g/mol. The average Bonchev–Trinajstić information content (AvgIpc) is 3.32. The number of ether oxygens (including phenoxy) is 1. The van der Waals surface area contributed by atoms with Crippen LogP contribution in [-0.4, -0.2) is 31.2 Å². The lowest BCUT2D eigenvalue weighted by molar-refractivity contribution is 0.0935. The van der Waals surface area contributed by atoms with Gasteiger partial charge in [0, 0.05) is 23.4 Å². The van der Waals surface area contributed by atoms with Gasteiger partial charge in [-0.3, -0.25) is 4.79 Å². The summed E-state index contributed by atoms with van der Waals surface area (Å²) in [6.07, 6.45) is 6.03. The van der Waals surface area contributed by atoms with E-state index >= 15 is 0 Å². The molecule has 0 spiro atoms. The van der Waals surface area contributed by atoms with Crippen molar-refractivity contribution in [2.45, 2.75) is 37.1 Å². The van der Waals surface area contributed by atoms with Crippen molar-refractivity contribution in [2.75, 3.05) is 13.2 Å². The highest BCUT2D eigenvalue weighted by molar-refractivity contribution is 6.04. The molecule has 4 rings (SSSR count). The summed E-state index contributed by atoms with van der Waals surface area (Å²) in [5.74, 6) is -0.144. The Bertz CT molecular complexity index is 1080. The summed E-state index contributed by atoms with van der Waals surface area (Å²) in [5, 5.41) is 7.00. The molecule has 1 aliphatic rings. The van der Waals surface area contributed by atoms with Gasteiger partial charge < -0.3 is 19.8 Å². The lowest BCUT2D eigenvalue weighted by Gasteiger charge is -2.41. The summed E-state index contributed by atoms with van der Waals surface area (Å²) >= 11 is 0. The molecule has 1 heterocycles. The predicted molar refractivity (Wildman–Crippen MR) is 124 cm³/mol. The lowest BCUT2D eigenvalue weighted by Crippen LogP contribution is -2.47. The number of fused-ring (bicyclic) bond motifs is 1. The predicted octanol–water partition coefficient (Wildman–Crippen LogP) is 4.96. The normalized spacial score (nSPS) is 20.4. The number of rotatable bonds is 7. The van der Waals surface area contributed by atoms with E-state index in [2.05, 4.69) is 29.3 Å². The summed E-state index contributed by atoms with van der Waals surface area (Å²) in [6, 6.07) is 17.8. The number of nitrogens with one attached hydrogen (secondary N) is 2. The van der Waals surface area contributed by atoms with Crippen molar-refractivity contribution in [3.05, 3.63) is 84.6 Å². The number of benzene rings is 2. The van der Waals surface area contributed by atoms with Crippen molar-refractivity contribution in [2.24, 2.45) is 0 Å². The molecule has 2 N–H and O–H groups in total. The highest BCUT2D eigenvalue weighted by atomic mass is 16.5. The minimum Gasteiger partial charge on any atom is -0.464 e. The molecule has 0 unspecified atom stereocenters. The summed E-state index contributed by atoms with van der Waals surface area (Å²) in [5.41, 5.74) is 2.14. The van der Waals surface area contributed by atoms with E-state index < -0.39 is 6.09 Å². The Morgan fingerprint density at radius 1 is 1.09 bits per heavy atom. The van der Waals surface area contributed by atoms with E-state index in [-0.39, 0.29) is 24.0 Å². The second-order valence-electron chi connectivity index (χ2n) is 8.28. The van der Waals surface area contributed by atoms with Crippen LogP contribution < -0.4 is 10.6 Å². The molecule has 0 saturated heterocycles. The van der Waals surface area contributed by atoms with E-state index in [1.807, 2.05) is 36.4 Å². The average molecular weight is 433 g/mol. The molecular formula is C26H28N2O4. The van der Waals surface area contributed by atoms with Gasteiger partial charge in [0.05, 0.1) is 11.8 Å². The third kappa shape index (κ3) is 4.69. The van der Waals surface area contributed by atoms with Gasteiger partial charge in [0.2, 0.25) is 0 Å². The fourth-order valence-corrected chi connectivity index (χ4v) is 4.53. The Balaban J connectivity index is 1.46. The quantitative estimate of drug-likeness (QED) is 0.518. The molecule has 6 heteroatoms. The van der Waals surface area contributed by atoms with Crippen molar-refractivity contribution in [3.63, 3.8) is 0 Å². The molecule has 2 amide bonds. The van der Waals surface area contributed by atoms with E-state index in [1.165, 1.54) is 5.56 Å². The number of para-hydroxylation sites is 1. The molecule has 32 heavy (non-hydrogen) atoms. The molecule has 0 radical (unpaired) electrons. The van der Waals surface area contributed by atoms with Crippen molar-refractivity contribution in [3.8, 4) is 0 Å². The fourth-order valence-electron chi connectivity index (χ4n) is 4.53. The molecule has 0 bridgehead atoms. The first-order chi connectivity index (χ1) is 15.6. The molecule has 6 nitrogen and oxygen atoms in total. The lowest BCUT2D eigenvalue weighted by atomic mass is 9.68. The number of carbonyl (C=O) groups is 2. The largest absolute Gasteiger partial charge is 0.464 e. The third-order valence-corrected chi connectivity index (χ3v) is 6.29. The van der Waals surface area contributed by atoms with E-state index in [4.69, 9.17) is 9.15 Å². The number of hydrogen-bond acceptors (Lipinski definition) is 4. The van der Waals surface area contributed by atoms with Crippen LogP contribution in [-0.2, 0) is 10.2 Å². The molecule has 1 aliphatic carbocycles. The van der Waals surface area contributed by atoms with Gasteiger partial charge in [-0.25, -0.2) is 4.79 Å². The van der Waals surface area contributed by atoms with Gasteiger partial charge >= 0.3 is 6.09 Å². The monoisotopic (exact) mass is 432 g/mol. The van der Waals surface area contributed by atoms with E-state index in [1.54, 1.807) is 18.4 Å². The maximum absolute atomic E-state index is 13.0. The zero-order chi connectivity index (χ0) is 22.4. The van der Waals surface area contributed by atoms with Crippen molar-refractivity contribution < 1.29 is 18.7 Å². The van der Waals surface area contributed by atoms with Gasteiger partial charge in [0.25, 0.3) is 5.91 Å². The second kappa shape index (κ2) is 9.73. The van der Waals surface area contributed by atoms with E-state index in [0.29, 0.717) is 17.7 Å².